The van der Waals surface area contributed by atoms with Crippen LogP contribution < -0.4 is 20.9 Å². The number of carbonyl (C=O) groups excluding carboxylic acids is 3. The van der Waals surface area contributed by atoms with Crippen LogP contribution in [0.1, 0.15) is 63.7 Å². The maximum atomic E-state index is 13.1. The van der Waals surface area contributed by atoms with Gasteiger partial charge < -0.3 is 25.8 Å². The normalized spacial score (nSPS) is 15.7. The summed E-state index contributed by atoms with van der Waals surface area (Å²) in [5.41, 5.74) is 17.7. The summed E-state index contributed by atoms with van der Waals surface area (Å²) in [7, 11) is 0. The number of hydrogen-bond donors (Lipinski definition) is 4. The molecule has 4 aromatic heterocycles. The first-order chi connectivity index (χ1) is 33.0. The second-order valence-electron chi connectivity index (χ2n) is 16.4. The van der Waals surface area contributed by atoms with E-state index in [1.165, 1.54) is 30.3 Å². The smallest absolute Gasteiger partial charge is 0.269 e. The summed E-state index contributed by atoms with van der Waals surface area (Å²) in [4.78, 5) is 50.3. The van der Waals surface area contributed by atoms with E-state index in [4.69, 9.17) is 30.9 Å². The first kappa shape index (κ1) is 44.7. The average molecular weight is 917 g/mol. The van der Waals surface area contributed by atoms with Crippen molar-refractivity contribution in [1.29, 1.82) is 0 Å². The number of imidazole rings is 2. The lowest BCUT2D eigenvalue weighted by atomic mass is 10.0. The molecule has 6 heterocycles. The van der Waals surface area contributed by atoms with Gasteiger partial charge in [-0.1, -0.05) is 12.5 Å². The fourth-order valence-corrected chi connectivity index (χ4v) is 8.74. The van der Waals surface area contributed by atoms with Gasteiger partial charge in [0.1, 0.15) is 46.0 Å². The number of nitrogens with two attached hydrogens (primary N) is 2. The molecular weight excluding hydrogens is 871 g/mol. The summed E-state index contributed by atoms with van der Waals surface area (Å²) in [6, 6.07) is 25.8. The van der Waals surface area contributed by atoms with Crippen LogP contribution in [0.5, 0.6) is 23.0 Å². The van der Waals surface area contributed by atoms with E-state index in [0.29, 0.717) is 75.9 Å². The summed E-state index contributed by atoms with van der Waals surface area (Å²) >= 11 is 0. The standard InChI is InChI=1S/C26H24FN5O2.C25H22FN5O3/c1-2-3-13-31-14-12-18(16-31)22-15-29-32-24(25(28)33)23(30-26(22)32)17-4-8-20(9-5-17)34-21-10-6-19(27)7-11-21;1-2-21(32)30-12-11-16(14-30)20-13-28-31-23(24(27)33)22(29-25(20)31)15-3-7-18(8-4-15)34-19-9-5-17(26)6-10-19/h4-11,15,18,29H,12-14,16H2,1H3,(H2,28,33);2-10,13,16,28H,1,11-12,14H2,(H2,27,33). The Hall–Kier alpha value is -8.49. The van der Waals surface area contributed by atoms with Crippen LogP contribution >= 0.6 is 0 Å². The number of carbonyl (C=O) groups is 3. The quantitative estimate of drug-likeness (QED) is 0.0699. The number of hydrogen-bond acceptors (Lipinski definition) is 8. The van der Waals surface area contributed by atoms with Crippen molar-refractivity contribution in [3.63, 3.8) is 0 Å². The van der Waals surface area contributed by atoms with Gasteiger partial charge in [0.2, 0.25) is 5.91 Å². The second kappa shape index (κ2) is 19.2. The van der Waals surface area contributed by atoms with Crippen molar-refractivity contribution in [2.45, 2.75) is 31.6 Å². The molecular formula is C51H46F2N10O5. The van der Waals surface area contributed by atoms with Gasteiger partial charge in [0.15, 0.2) is 22.7 Å². The highest BCUT2D eigenvalue weighted by atomic mass is 19.1. The number of benzene rings is 4. The highest BCUT2D eigenvalue weighted by Crippen LogP contribution is 2.36. The van der Waals surface area contributed by atoms with Crippen molar-refractivity contribution in [3.05, 3.63) is 156 Å². The number of aromatic nitrogens is 6. The summed E-state index contributed by atoms with van der Waals surface area (Å²) in [5.74, 6) is 6.70. The minimum absolute atomic E-state index is 0.0834. The Kier molecular flexibility index (Phi) is 12.6. The van der Waals surface area contributed by atoms with Gasteiger partial charge in [-0.05, 0) is 129 Å². The number of aromatic amines is 2. The molecule has 2 aliphatic rings. The molecule has 2 aliphatic heterocycles. The van der Waals surface area contributed by atoms with Crippen LogP contribution in [0, 0.1) is 23.5 Å². The van der Waals surface area contributed by atoms with Gasteiger partial charge >= 0.3 is 0 Å². The maximum Gasteiger partial charge on any atom is 0.269 e. The molecule has 0 radical (unpaired) electrons. The first-order valence-electron chi connectivity index (χ1n) is 21.9. The van der Waals surface area contributed by atoms with Crippen LogP contribution in [0.25, 0.3) is 33.8 Å². The number of halogens is 2. The Morgan fingerprint density at radius 2 is 1.12 bits per heavy atom. The van der Waals surface area contributed by atoms with Crippen molar-refractivity contribution >= 4 is 29.0 Å². The Morgan fingerprint density at radius 1 is 0.691 bits per heavy atom. The molecule has 17 heteroatoms. The maximum absolute atomic E-state index is 13.1. The van der Waals surface area contributed by atoms with E-state index in [1.807, 2.05) is 31.5 Å². The van der Waals surface area contributed by atoms with Crippen LogP contribution in [0.4, 0.5) is 8.78 Å². The molecule has 0 spiro atoms. The third-order valence-electron chi connectivity index (χ3n) is 12.1. The van der Waals surface area contributed by atoms with E-state index in [2.05, 4.69) is 33.5 Å². The van der Waals surface area contributed by atoms with E-state index in [-0.39, 0.29) is 29.2 Å². The fourth-order valence-electron chi connectivity index (χ4n) is 8.74. The summed E-state index contributed by atoms with van der Waals surface area (Å²) in [6.07, 6.45) is 6.83. The third kappa shape index (κ3) is 9.17. The lowest BCUT2D eigenvalue weighted by molar-refractivity contribution is -0.125. The lowest BCUT2D eigenvalue weighted by Gasteiger charge is -2.13. The Balaban J connectivity index is 0.000000170. The van der Waals surface area contributed by atoms with Gasteiger partial charge in [0.25, 0.3) is 11.8 Å². The molecule has 8 aromatic rings. The van der Waals surface area contributed by atoms with Gasteiger partial charge in [0.05, 0.1) is 6.54 Å². The number of nitrogens with zero attached hydrogens (tertiary/aromatic N) is 6. The van der Waals surface area contributed by atoms with Crippen LogP contribution in [0.3, 0.4) is 0 Å². The van der Waals surface area contributed by atoms with Crippen molar-refractivity contribution in [3.8, 4) is 57.4 Å². The Labute approximate surface area is 388 Å². The van der Waals surface area contributed by atoms with Crippen molar-refractivity contribution in [2.75, 3.05) is 32.7 Å². The van der Waals surface area contributed by atoms with Gasteiger partial charge in [-0.15, -0.1) is 5.92 Å². The minimum atomic E-state index is -0.613. The Bertz CT molecular complexity index is 3220. The van der Waals surface area contributed by atoms with Crippen LogP contribution in [-0.2, 0) is 4.79 Å². The highest BCUT2D eigenvalue weighted by molar-refractivity contribution is 5.99. The zero-order valence-corrected chi connectivity index (χ0v) is 36.9. The van der Waals surface area contributed by atoms with Gasteiger partial charge in [-0.3, -0.25) is 29.5 Å². The molecule has 15 nitrogen and oxygen atoms in total. The second-order valence-corrected chi connectivity index (χ2v) is 16.4. The Morgan fingerprint density at radius 3 is 1.54 bits per heavy atom. The van der Waals surface area contributed by atoms with Crippen LogP contribution in [0.2, 0.25) is 0 Å². The monoisotopic (exact) mass is 916 g/mol. The zero-order chi connectivity index (χ0) is 47.5. The van der Waals surface area contributed by atoms with Gasteiger partial charge in [-0.25, -0.2) is 27.8 Å². The number of nitrogens with one attached hydrogen (secondary N) is 2. The molecule has 2 unspecified atom stereocenters. The molecule has 0 saturated carbocycles. The fraction of sp³-hybridized carbons (Fsp3) is 0.196. The molecule has 10 rings (SSSR count). The zero-order valence-electron chi connectivity index (χ0n) is 36.9. The summed E-state index contributed by atoms with van der Waals surface area (Å²) in [5, 5.41) is 6.25. The van der Waals surface area contributed by atoms with E-state index < -0.39 is 11.8 Å². The molecule has 2 fully saturated rings. The minimum Gasteiger partial charge on any atom is -0.457 e. The number of fused-ring (bicyclic) bond motifs is 2. The molecule has 6 N–H and O–H groups in total. The number of likely N-dealkylation sites (tertiary alicyclic amines) is 2. The third-order valence-corrected chi connectivity index (χ3v) is 12.1. The highest BCUT2D eigenvalue weighted by Gasteiger charge is 2.32. The largest absolute Gasteiger partial charge is 0.457 e. The summed E-state index contributed by atoms with van der Waals surface area (Å²) in [6.45, 7) is 9.22. The van der Waals surface area contributed by atoms with Gasteiger partial charge in [-0.2, -0.15) is 0 Å². The predicted molar refractivity (Wildman–Crippen MR) is 251 cm³/mol. The topological polar surface area (TPSA) is 194 Å². The number of ether oxygens (including phenoxy) is 2. The molecule has 3 amide bonds. The van der Waals surface area contributed by atoms with E-state index in [0.717, 1.165) is 49.2 Å². The van der Waals surface area contributed by atoms with Crippen molar-refractivity contribution < 1.29 is 32.6 Å². The van der Waals surface area contributed by atoms with Gasteiger partial charge in [0, 0.05) is 66.1 Å². The molecule has 0 aliphatic carbocycles. The van der Waals surface area contributed by atoms with Crippen molar-refractivity contribution in [2.24, 2.45) is 11.5 Å². The predicted octanol–water partition coefficient (Wildman–Crippen LogP) is 8.03. The number of amides is 3. The number of H-pyrrole nitrogens is 2. The lowest BCUT2D eigenvalue weighted by Crippen LogP contribution is -2.26. The molecule has 2 saturated heterocycles. The SMILES string of the molecule is C=CC(=O)N1CCC(c2c[nH]n3c(C(N)=O)c(-c4ccc(Oc5ccc(F)cc5)cc4)nc23)C1.CC#CCN1CCC(c2c[nH]n3c(C(N)=O)c(-c4ccc(Oc5ccc(F)cc5)cc4)nc23)C1. The van der Waals surface area contributed by atoms with E-state index >= 15 is 0 Å². The van der Waals surface area contributed by atoms with Crippen LogP contribution in [0.15, 0.2) is 122 Å². The first-order valence-corrected chi connectivity index (χ1v) is 21.9. The molecule has 4 aromatic carbocycles. The van der Waals surface area contributed by atoms with E-state index in [9.17, 15) is 23.2 Å². The molecule has 344 valence electrons. The average Bonchev–Trinajstić information content (AvgIpc) is 4.21. The van der Waals surface area contributed by atoms with E-state index in [1.54, 1.807) is 74.6 Å². The molecule has 0 bridgehead atoms. The molecule has 68 heavy (non-hydrogen) atoms. The number of rotatable bonds is 12. The van der Waals surface area contributed by atoms with Crippen molar-refractivity contribution in [1.82, 2.24) is 39.0 Å². The summed E-state index contributed by atoms with van der Waals surface area (Å²) < 4.78 is 41.0. The van der Waals surface area contributed by atoms with Crippen LogP contribution in [-0.4, -0.2) is 89.4 Å². The molecule has 2 atom stereocenters. The number of primary amides is 2.